The summed E-state index contributed by atoms with van der Waals surface area (Å²) < 4.78 is 4.87. The van der Waals surface area contributed by atoms with Crippen LogP contribution in [0.5, 0.6) is 0 Å². The maximum atomic E-state index is 11.2. The molecule has 0 aromatic heterocycles. The van der Waals surface area contributed by atoms with Gasteiger partial charge in [0.15, 0.2) is 0 Å². The highest BCUT2D eigenvalue weighted by atomic mass is 16.5. The van der Waals surface area contributed by atoms with Crippen molar-refractivity contribution in [3.05, 3.63) is 0 Å². The van der Waals surface area contributed by atoms with E-state index in [2.05, 4.69) is 16.0 Å². The van der Waals surface area contributed by atoms with Crippen LogP contribution >= 0.6 is 0 Å². The van der Waals surface area contributed by atoms with Crippen molar-refractivity contribution in [1.82, 2.24) is 16.0 Å². The van der Waals surface area contributed by atoms with Crippen molar-refractivity contribution in [1.29, 1.82) is 0 Å². The summed E-state index contributed by atoms with van der Waals surface area (Å²) in [5, 5.41) is 15.6. The van der Waals surface area contributed by atoms with Gasteiger partial charge in [0.1, 0.15) is 13.2 Å². The van der Waals surface area contributed by atoms with Crippen molar-refractivity contribution in [3.63, 3.8) is 0 Å². The average Bonchev–Trinajstić information content (AvgIpc) is 2.37. The number of unbranched alkanes of at least 4 members (excludes halogenated alkanes) is 2. The predicted octanol–water partition coefficient (Wildman–Crippen LogP) is -0.697. The molecule has 0 aliphatic rings. The van der Waals surface area contributed by atoms with Gasteiger partial charge in [-0.1, -0.05) is 0 Å². The number of nitrogens with one attached hydrogen (secondary N) is 3. The summed E-state index contributed by atoms with van der Waals surface area (Å²) in [5.74, 6) is -0.550. The van der Waals surface area contributed by atoms with Gasteiger partial charge in [-0.05, 0) is 19.3 Å². The summed E-state index contributed by atoms with van der Waals surface area (Å²) in [6.45, 7) is 0.645. The smallest absolute Gasteiger partial charge is 0.404 e. The van der Waals surface area contributed by atoms with Crippen molar-refractivity contribution in [2.24, 2.45) is 0 Å². The largest absolute Gasteiger partial charge is 0.465 e. The minimum absolute atomic E-state index is 0.134. The van der Waals surface area contributed by atoms with Gasteiger partial charge < -0.3 is 25.8 Å². The molecule has 0 saturated heterocycles. The maximum absolute atomic E-state index is 11.2. The van der Waals surface area contributed by atoms with Crippen LogP contribution in [0.3, 0.4) is 0 Å². The van der Waals surface area contributed by atoms with E-state index in [1.165, 1.54) is 7.05 Å². The van der Waals surface area contributed by atoms with Crippen LogP contribution in [-0.2, 0) is 14.3 Å². The number of amides is 3. The molecule has 8 heteroatoms. The molecule has 0 aromatic rings. The molecule has 0 bridgehead atoms. The van der Waals surface area contributed by atoms with Gasteiger partial charge in [0.05, 0.1) is 0 Å². The van der Waals surface area contributed by atoms with Crippen LogP contribution in [-0.4, -0.2) is 56.4 Å². The highest BCUT2D eigenvalue weighted by Crippen LogP contribution is 1.92. The second kappa shape index (κ2) is 11.3. The molecule has 0 atom stereocenters. The van der Waals surface area contributed by atoms with Crippen LogP contribution in [0.15, 0.2) is 0 Å². The van der Waals surface area contributed by atoms with Crippen LogP contribution < -0.4 is 16.0 Å². The Hall–Kier alpha value is -1.83. The minimum Gasteiger partial charge on any atom is -0.465 e. The van der Waals surface area contributed by atoms with Gasteiger partial charge in [-0.2, -0.15) is 0 Å². The maximum Gasteiger partial charge on any atom is 0.404 e. The number of ether oxygens (including phenoxy) is 1. The molecular formula is C11H21N3O5. The summed E-state index contributed by atoms with van der Waals surface area (Å²) >= 11 is 0. The van der Waals surface area contributed by atoms with E-state index in [-0.39, 0.29) is 25.0 Å². The Bertz CT molecular complexity index is 296. The van der Waals surface area contributed by atoms with Gasteiger partial charge in [0, 0.05) is 20.1 Å². The Labute approximate surface area is 111 Å². The average molecular weight is 275 g/mol. The molecule has 110 valence electrons. The summed E-state index contributed by atoms with van der Waals surface area (Å²) in [7, 11) is 1.49. The second-order valence-corrected chi connectivity index (χ2v) is 3.81. The molecule has 0 rings (SSSR count). The first-order chi connectivity index (χ1) is 9.06. The molecule has 0 unspecified atom stereocenters. The van der Waals surface area contributed by atoms with E-state index < -0.39 is 6.09 Å². The molecule has 19 heavy (non-hydrogen) atoms. The lowest BCUT2D eigenvalue weighted by atomic mass is 10.2. The number of likely N-dealkylation sites (N-methyl/N-ethyl adjacent to an activating group) is 1. The zero-order valence-electron chi connectivity index (χ0n) is 11.0. The minimum atomic E-state index is -1.03. The lowest BCUT2D eigenvalue weighted by molar-refractivity contribution is -0.130. The second-order valence-electron chi connectivity index (χ2n) is 3.81. The van der Waals surface area contributed by atoms with E-state index in [9.17, 15) is 14.4 Å². The SMILES string of the molecule is CNC(=O)COCC(=O)NCCCCCNC(=O)O. The predicted molar refractivity (Wildman–Crippen MR) is 67.8 cm³/mol. The highest BCUT2D eigenvalue weighted by Gasteiger charge is 2.03. The fourth-order valence-corrected chi connectivity index (χ4v) is 1.21. The number of hydrogen-bond donors (Lipinski definition) is 4. The Morgan fingerprint density at radius 2 is 1.53 bits per heavy atom. The summed E-state index contributed by atoms with van der Waals surface area (Å²) in [5.41, 5.74) is 0. The van der Waals surface area contributed by atoms with E-state index in [0.29, 0.717) is 13.1 Å². The molecule has 8 nitrogen and oxygen atoms in total. The Morgan fingerprint density at radius 1 is 0.947 bits per heavy atom. The van der Waals surface area contributed by atoms with Crippen LogP contribution in [0.4, 0.5) is 4.79 Å². The van der Waals surface area contributed by atoms with Crippen LogP contribution in [0.25, 0.3) is 0 Å². The molecule has 3 amide bonds. The topological polar surface area (TPSA) is 117 Å². The van der Waals surface area contributed by atoms with E-state index in [4.69, 9.17) is 9.84 Å². The van der Waals surface area contributed by atoms with Crippen molar-refractivity contribution >= 4 is 17.9 Å². The van der Waals surface area contributed by atoms with E-state index in [0.717, 1.165) is 19.3 Å². The van der Waals surface area contributed by atoms with Gasteiger partial charge in [-0.3, -0.25) is 9.59 Å². The molecule has 0 spiro atoms. The Kier molecular flexibility index (Phi) is 10.2. The fraction of sp³-hybridized carbons (Fsp3) is 0.727. The third kappa shape index (κ3) is 12.4. The van der Waals surface area contributed by atoms with Gasteiger partial charge in [0.2, 0.25) is 11.8 Å². The molecule has 0 fully saturated rings. The molecule has 0 aliphatic heterocycles. The first kappa shape index (κ1) is 17.2. The number of rotatable bonds is 10. The summed E-state index contributed by atoms with van der Waals surface area (Å²) in [4.78, 5) is 32.2. The van der Waals surface area contributed by atoms with E-state index in [1.54, 1.807) is 0 Å². The van der Waals surface area contributed by atoms with Crippen molar-refractivity contribution in [3.8, 4) is 0 Å². The Balaban J connectivity index is 3.29. The molecular weight excluding hydrogens is 254 g/mol. The van der Waals surface area contributed by atoms with Gasteiger partial charge in [0.25, 0.3) is 0 Å². The molecule has 0 radical (unpaired) electrons. The normalized spacial score (nSPS) is 9.74. The number of hydrogen-bond acceptors (Lipinski definition) is 4. The van der Waals surface area contributed by atoms with Crippen molar-refractivity contribution in [2.45, 2.75) is 19.3 Å². The standard InChI is InChI=1S/C11H21N3O5/c1-12-9(15)7-19-8-10(16)13-5-3-2-4-6-14-11(17)18/h14H,2-8H2,1H3,(H,12,15)(H,13,16)(H,17,18). The van der Waals surface area contributed by atoms with Crippen LogP contribution in [0.1, 0.15) is 19.3 Å². The quantitative estimate of drug-likeness (QED) is 0.393. The zero-order chi connectivity index (χ0) is 14.5. The number of carbonyl (C=O) groups is 3. The zero-order valence-corrected chi connectivity index (χ0v) is 11.0. The fourth-order valence-electron chi connectivity index (χ4n) is 1.21. The third-order valence-electron chi connectivity index (χ3n) is 2.20. The third-order valence-corrected chi connectivity index (χ3v) is 2.20. The monoisotopic (exact) mass is 275 g/mol. The first-order valence-corrected chi connectivity index (χ1v) is 6.08. The van der Waals surface area contributed by atoms with Gasteiger partial charge >= 0.3 is 6.09 Å². The van der Waals surface area contributed by atoms with Crippen LogP contribution in [0, 0.1) is 0 Å². The van der Waals surface area contributed by atoms with Gasteiger partial charge in [-0.15, -0.1) is 0 Å². The summed E-state index contributed by atoms with van der Waals surface area (Å²) in [6.07, 6.45) is 1.29. The van der Waals surface area contributed by atoms with Crippen molar-refractivity contribution in [2.75, 3.05) is 33.4 Å². The molecule has 0 aromatic carbocycles. The molecule has 0 saturated carbocycles. The van der Waals surface area contributed by atoms with E-state index >= 15 is 0 Å². The number of carboxylic acid groups (broad SMARTS) is 1. The lowest BCUT2D eigenvalue weighted by Crippen LogP contribution is -2.31. The molecule has 0 heterocycles. The summed E-state index contributed by atoms with van der Waals surface area (Å²) in [6, 6.07) is 0. The first-order valence-electron chi connectivity index (χ1n) is 6.08. The number of carbonyl (C=O) groups excluding carboxylic acids is 2. The van der Waals surface area contributed by atoms with Gasteiger partial charge in [-0.25, -0.2) is 4.79 Å². The van der Waals surface area contributed by atoms with Crippen molar-refractivity contribution < 1.29 is 24.2 Å². The highest BCUT2D eigenvalue weighted by molar-refractivity contribution is 5.79. The van der Waals surface area contributed by atoms with Crippen LogP contribution in [0.2, 0.25) is 0 Å². The molecule has 0 aliphatic carbocycles. The lowest BCUT2D eigenvalue weighted by Gasteiger charge is -2.06. The Morgan fingerprint density at radius 3 is 2.11 bits per heavy atom. The van der Waals surface area contributed by atoms with E-state index in [1.807, 2.05) is 0 Å². The molecule has 4 N–H and O–H groups in total.